The lowest BCUT2D eigenvalue weighted by Crippen LogP contribution is -2.23. The summed E-state index contributed by atoms with van der Waals surface area (Å²) in [5.74, 6) is 1.36. The van der Waals surface area contributed by atoms with Gasteiger partial charge < -0.3 is 15.2 Å². The standard InChI is InChI=1S/C22H27NO3/c24-22(25)23-14-13-19-10-9-18-11-12-20(16-21(18)19)26-15-5-4-8-17-6-2-1-3-7-17/h1-3,6-7,11-12,16,19,23H,4-5,8-10,13-15H2,(H,24,25). The number of fused-ring (bicyclic) bond motifs is 1. The predicted molar refractivity (Wildman–Crippen MR) is 103 cm³/mol. The van der Waals surface area contributed by atoms with E-state index in [1.54, 1.807) is 0 Å². The van der Waals surface area contributed by atoms with E-state index in [1.807, 2.05) is 6.07 Å². The van der Waals surface area contributed by atoms with Crippen LogP contribution in [0.2, 0.25) is 0 Å². The molecule has 2 aromatic carbocycles. The molecule has 0 heterocycles. The lowest BCUT2D eigenvalue weighted by Gasteiger charge is -2.13. The molecule has 1 aliphatic carbocycles. The monoisotopic (exact) mass is 353 g/mol. The highest BCUT2D eigenvalue weighted by Gasteiger charge is 2.22. The zero-order chi connectivity index (χ0) is 18.2. The van der Waals surface area contributed by atoms with Gasteiger partial charge in [0.15, 0.2) is 0 Å². The smallest absolute Gasteiger partial charge is 0.404 e. The maximum atomic E-state index is 10.6. The first-order chi connectivity index (χ1) is 12.7. The number of carbonyl (C=O) groups is 1. The first-order valence-electron chi connectivity index (χ1n) is 9.49. The summed E-state index contributed by atoms with van der Waals surface area (Å²) in [5, 5.41) is 11.2. The highest BCUT2D eigenvalue weighted by atomic mass is 16.5. The number of aryl methyl sites for hydroxylation is 2. The minimum absolute atomic E-state index is 0.429. The minimum Gasteiger partial charge on any atom is -0.494 e. The first kappa shape index (κ1) is 18.3. The molecule has 1 amide bonds. The van der Waals surface area contributed by atoms with E-state index < -0.39 is 6.09 Å². The molecule has 1 aliphatic rings. The Kier molecular flexibility index (Phi) is 6.53. The van der Waals surface area contributed by atoms with Crippen LogP contribution >= 0.6 is 0 Å². The molecule has 0 aliphatic heterocycles. The molecule has 3 rings (SSSR count). The van der Waals surface area contributed by atoms with Crippen LogP contribution in [0.25, 0.3) is 0 Å². The van der Waals surface area contributed by atoms with Crippen molar-refractivity contribution in [3.63, 3.8) is 0 Å². The van der Waals surface area contributed by atoms with E-state index in [0.717, 1.165) is 50.9 Å². The van der Waals surface area contributed by atoms with Gasteiger partial charge in [0.25, 0.3) is 0 Å². The van der Waals surface area contributed by atoms with Gasteiger partial charge in [-0.2, -0.15) is 0 Å². The molecule has 1 atom stereocenters. The largest absolute Gasteiger partial charge is 0.494 e. The van der Waals surface area contributed by atoms with Crippen molar-refractivity contribution in [1.82, 2.24) is 5.32 Å². The van der Waals surface area contributed by atoms with E-state index in [4.69, 9.17) is 9.84 Å². The number of carboxylic acid groups (broad SMARTS) is 1. The zero-order valence-electron chi connectivity index (χ0n) is 15.1. The van der Waals surface area contributed by atoms with E-state index in [9.17, 15) is 4.79 Å². The molecule has 0 bridgehead atoms. The molecule has 2 aromatic rings. The summed E-state index contributed by atoms with van der Waals surface area (Å²) >= 11 is 0. The van der Waals surface area contributed by atoms with E-state index in [2.05, 4.69) is 47.8 Å². The van der Waals surface area contributed by atoms with Crippen LogP contribution in [0.4, 0.5) is 4.79 Å². The van der Waals surface area contributed by atoms with Crippen LogP contribution in [-0.4, -0.2) is 24.4 Å². The molecule has 4 nitrogen and oxygen atoms in total. The van der Waals surface area contributed by atoms with E-state index >= 15 is 0 Å². The number of ether oxygens (including phenoxy) is 1. The Morgan fingerprint density at radius 1 is 1.15 bits per heavy atom. The summed E-state index contributed by atoms with van der Waals surface area (Å²) in [6, 6.07) is 16.9. The van der Waals surface area contributed by atoms with Crippen LogP contribution < -0.4 is 10.1 Å². The number of amides is 1. The van der Waals surface area contributed by atoms with Crippen LogP contribution in [-0.2, 0) is 12.8 Å². The molecule has 1 unspecified atom stereocenters. The van der Waals surface area contributed by atoms with Crippen LogP contribution in [0.3, 0.4) is 0 Å². The third kappa shape index (κ3) is 5.25. The van der Waals surface area contributed by atoms with Crippen molar-refractivity contribution in [3.8, 4) is 5.75 Å². The van der Waals surface area contributed by atoms with Gasteiger partial charge in [0.2, 0.25) is 0 Å². The number of rotatable bonds is 9. The maximum absolute atomic E-state index is 10.6. The molecule has 0 saturated heterocycles. The average Bonchev–Trinajstić information content (AvgIpc) is 3.04. The number of nitrogens with one attached hydrogen (secondary N) is 1. The number of benzene rings is 2. The Morgan fingerprint density at radius 2 is 2.00 bits per heavy atom. The zero-order valence-corrected chi connectivity index (χ0v) is 15.1. The van der Waals surface area contributed by atoms with Gasteiger partial charge in [-0.15, -0.1) is 0 Å². The third-order valence-electron chi connectivity index (χ3n) is 5.06. The molecule has 0 spiro atoms. The first-order valence-corrected chi connectivity index (χ1v) is 9.49. The second-order valence-electron chi connectivity index (χ2n) is 6.91. The van der Waals surface area contributed by atoms with Crippen LogP contribution in [0.1, 0.15) is 48.3 Å². The summed E-state index contributed by atoms with van der Waals surface area (Å²) in [6.07, 6.45) is 5.32. The summed E-state index contributed by atoms with van der Waals surface area (Å²) < 4.78 is 5.95. The molecule has 0 saturated carbocycles. The minimum atomic E-state index is -0.948. The molecule has 2 N–H and O–H groups in total. The molecule has 138 valence electrons. The Balaban J connectivity index is 1.44. The van der Waals surface area contributed by atoms with Crippen molar-refractivity contribution in [1.29, 1.82) is 0 Å². The topological polar surface area (TPSA) is 58.6 Å². The van der Waals surface area contributed by atoms with Gasteiger partial charge in [0.05, 0.1) is 6.61 Å². The van der Waals surface area contributed by atoms with E-state index in [1.165, 1.54) is 16.7 Å². The molecule has 0 fully saturated rings. The van der Waals surface area contributed by atoms with Crippen LogP contribution in [0, 0.1) is 0 Å². The fourth-order valence-electron chi connectivity index (χ4n) is 3.67. The predicted octanol–water partition coefficient (Wildman–Crippen LogP) is 4.78. The van der Waals surface area contributed by atoms with Crippen LogP contribution in [0.5, 0.6) is 5.75 Å². The molecule has 4 heteroatoms. The van der Waals surface area contributed by atoms with Crippen molar-refractivity contribution < 1.29 is 14.6 Å². The summed E-state index contributed by atoms with van der Waals surface area (Å²) in [5.41, 5.74) is 4.09. The number of hydrogen-bond acceptors (Lipinski definition) is 2. The Labute approximate surface area is 155 Å². The Hall–Kier alpha value is -2.49. The van der Waals surface area contributed by atoms with Gasteiger partial charge in [0.1, 0.15) is 5.75 Å². The molecular weight excluding hydrogens is 326 g/mol. The number of unbranched alkanes of at least 4 members (excludes halogenated alkanes) is 1. The highest BCUT2D eigenvalue weighted by molar-refractivity contribution is 5.64. The van der Waals surface area contributed by atoms with Gasteiger partial charge >= 0.3 is 6.09 Å². The fourth-order valence-corrected chi connectivity index (χ4v) is 3.67. The SMILES string of the molecule is O=C(O)NCCC1CCc2ccc(OCCCCc3ccccc3)cc21. The van der Waals surface area contributed by atoms with Gasteiger partial charge in [-0.25, -0.2) is 4.79 Å². The lowest BCUT2D eigenvalue weighted by molar-refractivity contribution is 0.194. The third-order valence-corrected chi connectivity index (χ3v) is 5.06. The van der Waals surface area contributed by atoms with Crippen molar-refractivity contribution in [2.24, 2.45) is 0 Å². The summed E-state index contributed by atoms with van der Waals surface area (Å²) in [6.45, 7) is 1.24. The molecule has 0 aromatic heterocycles. The fraction of sp³-hybridized carbons (Fsp3) is 0.409. The second-order valence-corrected chi connectivity index (χ2v) is 6.91. The summed E-state index contributed by atoms with van der Waals surface area (Å²) in [7, 11) is 0. The average molecular weight is 353 g/mol. The second kappa shape index (κ2) is 9.27. The molecule has 26 heavy (non-hydrogen) atoms. The van der Waals surface area contributed by atoms with E-state index in [0.29, 0.717) is 12.5 Å². The molecular formula is C22H27NO3. The van der Waals surface area contributed by atoms with E-state index in [-0.39, 0.29) is 0 Å². The Morgan fingerprint density at radius 3 is 2.81 bits per heavy atom. The van der Waals surface area contributed by atoms with Gasteiger partial charge in [-0.1, -0.05) is 36.4 Å². The lowest BCUT2D eigenvalue weighted by atomic mass is 9.97. The Bertz CT molecular complexity index is 715. The van der Waals surface area contributed by atoms with Gasteiger partial charge in [-0.3, -0.25) is 0 Å². The van der Waals surface area contributed by atoms with Crippen molar-refractivity contribution >= 4 is 6.09 Å². The van der Waals surface area contributed by atoms with Crippen LogP contribution in [0.15, 0.2) is 48.5 Å². The molecule has 0 radical (unpaired) electrons. The highest BCUT2D eigenvalue weighted by Crippen LogP contribution is 2.37. The van der Waals surface area contributed by atoms with Crippen molar-refractivity contribution in [2.45, 2.75) is 44.4 Å². The summed E-state index contributed by atoms with van der Waals surface area (Å²) in [4.78, 5) is 10.6. The number of hydrogen-bond donors (Lipinski definition) is 2. The maximum Gasteiger partial charge on any atom is 0.404 e. The quantitative estimate of drug-likeness (QED) is 0.638. The van der Waals surface area contributed by atoms with Crippen molar-refractivity contribution in [3.05, 3.63) is 65.2 Å². The van der Waals surface area contributed by atoms with Gasteiger partial charge in [-0.05, 0) is 73.3 Å². The van der Waals surface area contributed by atoms with Gasteiger partial charge in [0, 0.05) is 6.54 Å². The van der Waals surface area contributed by atoms with Crippen molar-refractivity contribution in [2.75, 3.05) is 13.2 Å². The normalized spacial score (nSPS) is 15.5.